The molecule has 0 radical (unpaired) electrons. The standard InChI is InChI=1S/C15H18BrNO2/c1-4-8-14(15(18)19-3)17(5-2)11-12-9-6-7-10-13(12)16/h5-10H,2,4,11H2,1,3H3/b14-8-. The Morgan fingerprint density at radius 3 is 2.68 bits per heavy atom. The predicted octanol–water partition coefficient (Wildman–Crippen LogP) is 3.86. The van der Waals surface area contributed by atoms with Gasteiger partial charge in [-0.15, -0.1) is 0 Å². The van der Waals surface area contributed by atoms with Gasteiger partial charge in [0, 0.05) is 11.0 Å². The molecule has 0 amide bonds. The summed E-state index contributed by atoms with van der Waals surface area (Å²) in [5.41, 5.74) is 1.59. The van der Waals surface area contributed by atoms with Crippen LogP contribution in [0.15, 0.2) is 53.3 Å². The van der Waals surface area contributed by atoms with Crippen LogP contribution in [0.2, 0.25) is 0 Å². The van der Waals surface area contributed by atoms with E-state index in [0.29, 0.717) is 12.2 Å². The fourth-order valence-corrected chi connectivity index (χ4v) is 2.08. The molecule has 1 rings (SSSR count). The first kappa shape index (κ1) is 15.5. The zero-order valence-electron chi connectivity index (χ0n) is 11.2. The van der Waals surface area contributed by atoms with Gasteiger partial charge in [0.25, 0.3) is 0 Å². The number of nitrogens with zero attached hydrogens (tertiary/aromatic N) is 1. The van der Waals surface area contributed by atoms with Crippen molar-refractivity contribution < 1.29 is 9.53 Å². The molecule has 19 heavy (non-hydrogen) atoms. The van der Waals surface area contributed by atoms with Gasteiger partial charge in [-0.3, -0.25) is 0 Å². The minimum Gasteiger partial charge on any atom is -0.464 e. The van der Waals surface area contributed by atoms with Crippen LogP contribution < -0.4 is 0 Å². The second kappa shape index (κ2) is 7.79. The van der Waals surface area contributed by atoms with Crippen LogP contribution >= 0.6 is 15.9 Å². The predicted molar refractivity (Wildman–Crippen MR) is 80.3 cm³/mol. The van der Waals surface area contributed by atoms with Crippen molar-refractivity contribution in [3.8, 4) is 0 Å². The van der Waals surface area contributed by atoms with E-state index < -0.39 is 0 Å². The molecule has 0 aromatic heterocycles. The maximum atomic E-state index is 11.8. The lowest BCUT2D eigenvalue weighted by Crippen LogP contribution is -2.23. The quantitative estimate of drug-likeness (QED) is 0.588. The summed E-state index contributed by atoms with van der Waals surface area (Å²) in [6, 6.07) is 7.89. The maximum Gasteiger partial charge on any atom is 0.354 e. The highest BCUT2D eigenvalue weighted by molar-refractivity contribution is 9.10. The van der Waals surface area contributed by atoms with E-state index in [4.69, 9.17) is 4.74 Å². The molecule has 102 valence electrons. The normalized spacial score (nSPS) is 11.0. The Balaban J connectivity index is 2.99. The maximum absolute atomic E-state index is 11.8. The fraction of sp³-hybridized carbons (Fsp3) is 0.267. The number of hydrogen-bond acceptors (Lipinski definition) is 3. The lowest BCUT2D eigenvalue weighted by atomic mass is 10.2. The van der Waals surface area contributed by atoms with Gasteiger partial charge in [-0.1, -0.05) is 53.7 Å². The second-order valence-electron chi connectivity index (χ2n) is 3.89. The van der Waals surface area contributed by atoms with Gasteiger partial charge in [0.05, 0.1) is 7.11 Å². The lowest BCUT2D eigenvalue weighted by molar-refractivity contribution is -0.137. The molecular weight excluding hydrogens is 306 g/mol. The van der Waals surface area contributed by atoms with Crippen molar-refractivity contribution >= 4 is 21.9 Å². The van der Waals surface area contributed by atoms with Crippen molar-refractivity contribution in [3.05, 3.63) is 58.9 Å². The summed E-state index contributed by atoms with van der Waals surface area (Å²) in [7, 11) is 1.38. The van der Waals surface area contributed by atoms with E-state index in [2.05, 4.69) is 22.5 Å². The number of halogens is 1. The molecule has 4 heteroatoms. The molecule has 0 aliphatic carbocycles. The van der Waals surface area contributed by atoms with Gasteiger partial charge in [-0.25, -0.2) is 4.79 Å². The van der Waals surface area contributed by atoms with E-state index in [1.54, 1.807) is 11.1 Å². The van der Waals surface area contributed by atoms with Crippen LogP contribution in [0.4, 0.5) is 0 Å². The summed E-state index contributed by atoms with van der Waals surface area (Å²) in [6.07, 6.45) is 4.23. The van der Waals surface area contributed by atoms with Crippen LogP contribution in [0.5, 0.6) is 0 Å². The lowest BCUT2D eigenvalue weighted by Gasteiger charge is -2.22. The summed E-state index contributed by atoms with van der Waals surface area (Å²) in [6.45, 7) is 6.30. The van der Waals surface area contributed by atoms with E-state index in [0.717, 1.165) is 16.5 Å². The van der Waals surface area contributed by atoms with E-state index in [1.807, 2.05) is 37.3 Å². The minimum absolute atomic E-state index is 0.353. The van der Waals surface area contributed by atoms with Crippen LogP contribution in [-0.4, -0.2) is 18.0 Å². The molecule has 0 aliphatic rings. The van der Waals surface area contributed by atoms with Crippen molar-refractivity contribution in [2.75, 3.05) is 7.11 Å². The first-order valence-corrected chi connectivity index (χ1v) is 6.84. The molecule has 0 N–H and O–H groups in total. The van der Waals surface area contributed by atoms with E-state index in [1.165, 1.54) is 7.11 Å². The smallest absolute Gasteiger partial charge is 0.354 e. The number of carbonyl (C=O) groups is 1. The van der Waals surface area contributed by atoms with Gasteiger partial charge in [-0.05, 0) is 24.3 Å². The molecule has 0 aliphatic heterocycles. The molecule has 1 aromatic rings. The van der Waals surface area contributed by atoms with Crippen LogP contribution in [0.1, 0.15) is 18.9 Å². The van der Waals surface area contributed by atoms with Crippen molar-refractivity contribution in [1.29, 1.82) is 0 Å². The molecule has 0 bridgehead atoms. The molecule has 0 saturated carbocycles. The Labute approximate surface area is 122 Å². The van der Waals surface area contributed by atoms with Crippen molar-refractivity contribution in [1.82, 2.24) is 4.90 Å². The second-order valence-corrected chi connectivity index (χ2v) is 4.75. The van der Waals surface area contributed by atoms with Gasteiger partial charge in [-0.2, -0.15) is 0 Å². The topological polar surface area (TPSA) is 29.5 Å². The van der Waals surface area contributed by atoms with E-state index >= 15 is 0 Å². The molecule has 3 nitrogen and oxygen atoms in total. The van der Waals surface area contributed by atoms with Crippen molar-refractivity contribution in [2.24, 2.45) is 0 Å². The van der Waals surface area contributed by atoms with Crippen LogP contribution in [0.3, 0.4) is 0 Å². The fourth-order valence-electron chi connectivity index (χ4n) is 1.67. The summed E-state index contributed by atoms with van der Waals surface area (Å²) in [5, 5.41) is 0. The van der Waals surface area contributed by atoms with Gasteiger partial charge >= 0.3 is 5.97 Å². The Bertz CT molecular complexity index is 483. The Hall–Kier alpha value is -1.55. The number of methoxy groups -OCH3 is 1. The van der Waals surface area contributed by atoms with Crippen molar-refractivity contribution in [2.45, 2.75) is 19.9 Å². The summed E-state index contributed by atoms with van der Waals surface area (Å²) in [4.78, 5) is 13.6. The number of esters is 1. The molecule has 0 saturated heterocycles. The number of carbonyl (C=O) groups excluding carboxylic acids is 1. The van der Waals surface area contributed by atoms with Gasteiger partial charge in [0.15, 0.2) is 0 Å². The highest BCUT2D eigenvalue weighted by atomic mass is 79.9. The van der Waals surface area contributed by atoms with Crippen molar-refractivity contribution in [3.63, 3.8) is 0 Å². The number of benzene rings is 1. The molecule has 0 fully saturated rings. The third kappa shape index (κ3) is 4.24. The Morgan fingerprint density at radius 1 is 1.47 bits per heavy atom. The summed E-state index contributed by atoms with van der Waals surface area (Å²) >= 11 is 3.50. The molecule has 0 heterocycles. The monoisotopic (exact) mass is 323 g/mol. The molecular formula is C15H18BrNO2. The van der Waals surface area contributed by atoms with Crippen LogP contribution in [0.25, 0.3) is 0 Å². The van der Waals surface area contributed by atoms with E-state index in [-0.39, 0.29) is 5.97 Å². The average Bonchev–Trinajstić information content (AvgIpc) is 2.43. The zero-order chi connectivity index (χ0) is 14.3. The first-order valence-electron chi connectivity index (χ1n) is 6.05. The molecule has 0 unspecified atom stereocenters. The summed E-state index contributed by atoms with van der Waals surface area (Å²) < 4.78 is 5.81. The van der Waals surface area contributed by atoms with Gasteiger partial charge < -0.3 is 9.64 Å². The van der Waals surface area contributed by atoms with Crippen LogP contribution in [0, 0.1) is 0 Å². The zero-order valence-corrected chi connectivity index (χ0v) is 12.8. The number of rotatable bonds is 6. The summed E-state index contributed by atoms with van der Waals surface area (Å²) in [5.74, 6) is -0.353. The number of ether oxygens (including phenoxy) is 1. The molecule has 0 atom stereocenters. The van der Waals surface area contributed by atoms with Gasteiger partial charge in [0.2, 0.25) is 0 Å². The molecule has 0 spiro atoms. The Kier molecular flexibility index (Phi) is 6.36. The number of hydrogen-bond donors (Lipinski definition) is 0. The SMILES string of the molecule is C=CN(Cc1ccccc1Br)/C(=C\CC)C(=O)OC. The Morgan fingerprint density at radius 2 is 2.16 bits per heavy atom. The highest BCUT2D eigenvalue weighted by Crippen LogP contribution is 2.20. The number of allylic oxidation sites excluding steroid dienone is 1. The highest BCUT2D eigenvalue weighted by Gasteiger charge is 2.16. The van der Waals surface area contributed by atoms with E-state index in [9.17, 15) is 4.79 Å². The van der Waals surface area contributed by atoms with Crippen LogP contribution in [-0.2, 0) is 16.1 Å². The molecule has 1 aromatic carbocycles. The minimum atomic E-state index is -0.353. The largest absolute Gasteiger partial charge is 0.464 e. The third-order valence-electron chi connectivity index (χ3n) is 2.62. The first-order chi connectivity index (χ1) is 9.13. The average molecular weight is 324 g/mol. The van der Waals surface area contributed by atoms with Gasteiger partial charge in [0.1, 0.15) is 5.70 Å². The third-order valence-corrected chi connectivity index (χ3v) is 3.39.